The van der Waals surface area contributed by atoms with E-state index in [4.69, 9.17) is 5.73 Å². The van der Waals surface area contributed by atoms with Crippen LogP contribution < -0.4 is 11.1 Å². The van der Waals surface area contributed by atoms with E-state index in [2.05, 4.69) is 24.2 Å². The topological polar surface area (TPSA) is 58.4 Å². The first-order valence-electron chi connectivity index (χ1n) is 8.25. The minimum atomic E-state index is -0.463. The highest BCUT2D eigenvalue weighted by molar-refractivity contribution is 5.85. The van der Waals surface area contributed by atoms with Crippen LogP contribution in [0, 0.1) is 5.92 Å². The molecule has 2 fully saturated rings. The monoisotopic (exact) mass is 281 g/mol. The predicted molar refractivity (Wildman–Crippen MR) is 82.4 cm³/mol. The Labute approximate surface area is 123 Å². The van der Waals surface area contributed by atoms with Crippen LogP contribution in [0.15, 0.2) is 0 Å². The zero-order chi connectivity index (χ0) is 14.8. The summed E-state index contributed by atoms with van der Waals surface area (Å²) in [6.07, 6.45) is 8.13. The number of primary amides is 1. The molecule has 0 heterocycles. The van der Waals surface area contributed by atoms with Crippen LogP contribution in [-0.2, 0) is 4.79 Å². The molecule has 2 rings (SSSR count). The molecule has 2 saturated carbocycles. The number of carbonyl (C=O) groups excluding carboxylic acids is 1. The van der Waals surface area contributed by atoms with E-state index in [1.807, 2.05) is 6.92 Å². The lowest BCUT2D eigenvalue weighted by molar-refractivity contribution is -0.124. The molecule has 0 aliphatic heterocycles. The van der Waals surface area contributed by atoms with Crippen LogP contribution in [-0.4, -0.2) is 42.0 Å². The molecule has 0 aromatic rings. The largest absolute Gasteiger partial charge is 0.368 e. The Morgan fingerprint density at radius 1 is 1.25 bits per heavy atom. The van der Waals surface area contributed by atoms with E-state index in [1.54, 1.807) is 0 Å². The van der Waals surface area contributed by atoms with Gasteiger partial charge < -0.3 is 16.0 Å². The highest BCUT2D eigenvalue weighted by atomic mass is 16.1. The van der Waals surface area contributed by atoms with Crippen LogP contribution in [0.2, 0.25) is 0 Å². The van der Waals surface area contributed by atoms with Crippen LogP contribution >= 0.6 is 0 Å². The van der Waals surface area contributed by atoms with Gasteiger partial charge in [0.05, 0.1) is 5.54 Å². The van der Waals surface area contributed by atoms with Gasteiger partial charge in [-0.25, -0.2) is 0 Å². The van der Waals surface area contributed by atoms with Crippen molar-refractivity contribution in [2.24, 2.45) is 11.7 Å². The molecule has 2 aliphatic rings. The van der Waals surface area contributed by atoms with Crippen LogP contribution in [0.3, 0.4) is 0 Å². The van der Waals surface area contributed by atoms with E-state index in [0.717, 1.165) is 31.7 Å². The van der Waals surface area contributed by atoms with Crippen molar-refractivity contribution in [2.45, 2.75) is 76.4 Å². The molecule has 2 unspecified atom stereocenters. The van der Waals surface area contributed by atoms with E-state index < -0.39 is 5.54 Å². The first-order chi connectivity index (χ1) is 9.48. The van der Waals surface area contributed by atoms with E-state index in [-0.39, 0.29) is 5.91 Å². The van der Waals surface area contributed by atoms with E-state index in [9.17, 15) is 4.79 Å². The Balaban J connectivity index is 1.95. The molecule has 20 heavy (non-hydrogen) atoms. The second kappa shape index (κ2) is 6.44. The van der Waals surface area contributed by atoms with Crippen LogP contribution in [0.5, 0.6) is 0 Å². The number of hydrogen-bond donors (Lipinski definition) is 2. The van der Waals surface area contributed by atoms with Crippen molar-refractivity contribution in [1.82, 2.24) is 10.2 Å². The molecule has 0 radical (unpaired) electrons. The Morgan fingerprint density at radius 2 is 1.90 bits per heavy atom. The fourth-order valence-corrected chi connectivity index (χ4v) is 4.12. The number of likely N-dealkylation sites (N-methyl/N-ethyl adjacent to an activating group) is 1. The van der Waals surface area contributed by atoms with Gasteiger partial charge in [0.1, 0.15) is 0 Å². The third kappa shape index (κ3) is 3.17. The molecule has 4 nitrogen and oxygen atoms in total. The van der Waals surface area contributed by atoms with E-state index in [0.29, 0.717) is 12.1 Å². The lowest BCUT2D eigenvalue weighted by Gasteiger charge is -2.38. The van der Waals surface area contributed by atoms with E-state index >= 15 is 0 Å². The first kappa shape index (κ1) is 15.8. The van der Waals surface area contributed by atoms with Gasteiger partial charge in [-0.2, -0.15) is 0 Å². The van der Waals surface area contributed by atoms with Crippen molar-refractivity contribution in [3.8, 4) is 0 Å². The zero-order valence-corrected chi connectivity index (χ0v) is 13.3. The number of rotatable bonds is 5. The number of carbonyl (C=O) groups is 1. The Bertz CT molecular complexity index is 339. The lowest BCUT2D eigenvalue weighted by atomic mass is 9.86. The standard InChI is InChI=1S/C16H31N3O/c1-4-18-16(15(17)20)10-9-14(11-16)19(3)13-7-5-12(2)6-8-13/h12-14,18H,4-11H2,1-3H3,(H2,17,20). The average molecular weight is 281 g/mol. The maximum atomic E-state index is 11.8. The number of amides is 1. The van der Waals surface area contributed by atoms with Gasteiger partial charge in [-0.05, 0) is 64.5 Å². The summed E-state index contributed by atoms with van der Waals surface area (Å²) in [4.78, 5) is 14.4. The third-order valence-corrected chi connectivity index (χ3v) is 5.61. The van der Waals surface area contributed by atoms with Crippen molar-refractivity contribution >= 4 is 5.91 Å². The van der Waals surface area contributed by atoms with Gasteiger partial charge in [0.25, 0.3) is 0 Å². The predicted octanol–water partition coefficient (Wildman–Crippen LogP) is 1.88. The molecule has 0 aromatic heterocycles. The number of nitrogens with two attached hydrogens (primary N) is 1. The summed E-state index contributed by atoms with van der Waals surface area (Å²) in [7, 11) is 2.24. The normalized spacial score (nSPS) is 38.3. The molecule has 4 heteroatoms. The Kier molecular flexibility index (Phi) is 5.08. The highest BCUT2D eigenvalue weighted by Crippen LogP contribution is 2.36. The summed E-state index contributed by atoms with van der Waals surface area (Å²) in [5.74, 6) is 0.710. The molecule has 3 N–H and O–H groups in total. The molecule has 0 aromatic carbocycles. The summed E-state index contributed by atoms with van der Waals surface area (Å²) < 4.78 is 0. The van der Waals surface area contributed by atoms with Gasteiger partial charge in [0, 0.05) is 12.1 Å². The van der Waals surface area contributed by atoms with Gasteiger partial charge >= 0.3 is 0 Å². The maximum absolute atomic E-state index is 11.8. The lowest BCUT2D eigenvalue weighted by Crippen LogP contribution is -2.54. The summed E-state index contributed by atoms with van der Waals surface area (Å²) in [5.41, 5.74) is 5.20. The summed E-state index contributed by atoms with van der Waals surface area (Å²) in [6, 6.07) is 1.20. The van der Waals surface area contributed by atoms with Crippen molar-refractivity contribution in [2.75, 3.05) is 13.6 Å². The summed E-state index contributed by atoms with van der Waals surface area (Å²) >= 11 is 0. The molecule has 0 bridgehead atoms. The number of nitrogens with zero attached hydrogens (tertiary/aromatic N) is 1. The van der Waals surface area contributed by atoms with E-state index in [1.165, 1.54) is 25.7 Å². The highest BCUT2D eigenvalue weighted by Gasteiger charge is 2.45. The van der Waals surface area contributed by atoms with Gasteiger partial charge in [0.2, 0.25) is 5.91 Å². The summed E-state index contributed by atoms with van der Waals surface area (Å²) in [6.45, 7) is 5.21. The second-order valence-electron chi connectivity index (χ2n) is 6.95. The molecular formula is C16H31N3O. The minimum Gasteiger partial charge on any atom is -0.368 e. The van der Waals surface area contributed by atoms with Gasteiger partial charge in [-0.15, -0.1) is 0 Å². The first-order valence-corrected chi connectivity index (χ1v) is 8.25. The van der Waals surface area contributed by atoms with Gasteiger partial charge in [-0.3, -0.25) is 4.79 Å². The molecule has 2 aliphatic carbocycles. The fourth-order valence-electron chi connectivity index (χ4n) is 4.12. The van der Waals surface area contributed by atoms with Crippen LogP contribution in [0.25, 0.3) is 0 Å². The maximum Gasteiger partial charge on any atom is 0.237 e. The molecule has 0 saturated heterocycles. The molecule has 116 valence electrons. The number of hydrogen-bond acceptors (Lipinski definition) is 3. The van der Waals surface area contributed by atoms with Gasteiger partial charge in [-0.1, -0.05) is 13.8 Å². The third-order valence-electron chi connectivity index (χ3n) is 5.61. The molecule has 0 spiro atoms. The quantitative estimate of drug-likeness (QED) is 0.809. The molecular weight excluding hydrogens is 250 g/mol. The van der Waals surface area contributed by atoms with Crippen molar-refractivity contribution in [3.63, 3.8) is 0 Å². The Morgan fingerprint density at radius 3 is 2.45 bits per heavy atom. The van der Waals surface area contributed by atoms with Crippen molar-refractivity contribution in [1.29, 1.82) is 0 Å². The molecule has 2 atom stereocenters. The fraction of sp³-hybridized carbons (Fsp3) is 0.938. The van der Waals surface area contributed by atoms with Crippen molar-refractivity contribution in [3.05, 3.63) is 0 Å². The van der Waals surface area contributed by atoms with Gasteiger partial charge in [0.15, 0.2) is 0 Å². The van der Waals surface area contributed by atoms with Crippen LogP contribution in [0.1, 0.15) is 58.8 Å². The SMILES string of the molecule is CCNC1(C(N)=O)CCC(N(C)C2CCC(C)CC2)C1. The zero-order valence-electron chi connectivity index (χ0n) is 13.3. The number of nitrogens with one attached hydrogen (secondary N) is 1. The summed E-state index contributed by atoms with van der Waals surface area (Å²) in [5, 5.41) is 3.35. The molecule has 1 amide bonds. The minimum absolute atomic E-state index is 0.174. The Hall–Kier alpha value is -0.610. The smallest absolute Gasteiger partial charge is 0.237 e. The second-order valence-corrected chi connectivity index (χ2v) is 6.95. The van der Waals surface area contributed by atoms with Crippen molar-refractivity contribution < 1.29 is 4.79 Å². The average Bonchev–Trinajstić information content (AvgIpc) is 2.85. The van der Waals surface area contributed by atoms with Crippen LogP contribution in [0.4, 0.5) is 0 Å².